The van der Waals surface area contributed by atoms with Gasteiger partial charge in [0, 0.05) is 25.2 Å². The predicted molar refractivity (Wildman–Crippen MR) is 157 cm³/mol. The molecule has 0 aromatic carbocycles. The third-order valence-electron chi connectivity index (χ3n) is 12.0. The van der Waals surface area contributed by atoms with Gasteiger partial charge in [-0.2, -0.15) is 0 Å². The Hall–Kier alpha value is -2.41. The molecular formula is C34H50O7. The van der Waals surface area contributed by atoms with Gasteiger partial charge in [0.15, 0.2) is 0 Å². The van der Waals surface area contributed by atoms with Crippen molar-refractivity contribution in [2.75, 3.05) is 0 Å². The van der Waals surface area contributed by atoms with Crippen molar-refractivity contribution in [3.8, 4) is 0 Å². The number of ether oxygens (including phenoxy) is 2. The standard InChI is InChI=1S/C34H50O7/c1-19(2)20(3)10-11-23(30(38)39)26-18-29(40-21(4)35)33(8)25-12-13-27-31(6,24(25)14-17-32(26,33)7)16-15-28(37)34(27,9)41-22(5)36/h12,14,19,23,26-29,37H,3,10-11,13,15-18H2,1-2,4-9H3,(H,38,39)/t23-,26-,27?,28+,29+,31-,32-,33-,34+/m1/s1. The van der Waals surface area contributed by atoms with E-state index in [1.165, 1.54) is 13.8 Å². The number of hydrogen-bond donors (Lipinski definition) is 2. The average molecular weight is 571 g/mol. The molecule has 7 nitrogen and oxygen atoms in total. The van der Waals surface area contributed by atoms with E-state index in [9.17, 15) is 24.6 Å². The lowest BCUT2D eigenvalue weighted by Crippen LogP contribution is -2.61. The Morgan fingerprint density at radius 2 is 1.73 bits per heavy atom. The van der Waals surface area contributed by atoms with E-state index >= 15 is 0 Å². The first-order chi connectivity index (χ1) is 18.9. The minimum atomic E-state index is -1.02. The molecule has 2 fully saturated rings. The summed E-state index contributed by atoms with van der Waals surface area (Å²) in [7, 11) is 0. The summed E-state index contributed by atoms with van der Waals surface area (Å²) in [5.41, 5.74) is 0.892. The van der Waals surface area contributed by atoms with Gasteiger partial charge in [0.05, 0.1) is 12.0 Å². The summed E-state index contributed by atoms with van der Waals surface area (Å²) in [4.78, 5) is 37.4. The summed E-state index contributed by atoms with van der Waals surface area (Å²) in [5, 5.41) is 21.5. The highest BCUT2D eigenvalue weighted by molar-refractivity contribution is 5.71. The van der Waals surface area contributed by atoms with Crippen molar-refractivity contribution in [1.29, 1.82) is 0 Å². The lowest BCUT2D eigenvalue weighted by Gasteiger charge is -2.61. The highest BCUT2D eigenvalue weighted by Crippen LogP contribution is 2.72. The zero-order valence-electron chi connectivity index (χ0n) is 26.2. The third kappa shape index (κ3) is 4.80. The molecule has 1 unspecified atom stereocenters. The van der Waals surface area contributed by atoms with E-state index in [0.29, 0.717) is 38.5 Å². The van der Waals surface area contributed by atoms with Gasteiger partial charge in [-0.3, -0.25) is 14.4 Å². The molecule has 0 amide bonds. The molecule has 0 spiro atoms. The van der Waals surface area contributed by atoms with E-state index in [1.54, 1.807) is 0 Å². The van der Waals surface area contributed by atoms with E-state index < -0.39 is 46.5 Å². The lowest BCUT2D eigenvalue weighted by atomic mass is 9.45. The van der Waals surface area contributed by atoms with Gasteiger partial charge in [-0.25, -0.2) is 0 Å². The highest BCUT2D eigenvalue weighted by Gasteiger charge is 2.69. The van der Waals surface area contributed by atoms with Crippen molar-refractivity contribution >= 4 is 17.9 Å². The fourth-order valence-corrected chi connectivity index (χ4v) is 9.25. The summed E-state index contributed by atoms with van der Waals surface area (Å²) in [5.74, 6) is -2.20. The smallest absolute Gasteiger partial charge is 0.306 e. The molecule has 0 aliphatic heterocycles. The topological polar surface area (TPSA) is 110 Å². The molecule has 0 heterocycles. The molecule has 0 saturated heterocycles. The summed E-state index contributed by atoms with van der Waals surface area (Å²) in [6.45, 7) is 19.6. The van der Waals surface area contributed by atoms with Crippen LogP contribution in [0.5, 0.6) is 0 Å². The molecule has 7 heteroatoms. The average Bonchev–Trinajstić information content (AvgIpc) is 3.08. The molecule has 9 atom stereocenters. The summed E-state index contributed by atoms with van der Waals surface area (Å²) in [6, 6.07) is 0. The van der Waals surface area contributed by atoms with E-state index in [2.05, 4.69) is 53.3 Å². The molecule has 0 aromatic heterocycles. The van der Waals surface area contributed by atoms with Crippen molar-refractivity contribution in [3.05, 3.63) is 35.5 Å². The molecule has 4 aliphatic rings. The van der Waals surface area contributed by atoms with Crippen LogP contribution in [-0.4, -0.2) is 45.9 Å². The van der Waals surface area contributed by atoms with Gasteiger partial charge >= 0.3 is 17.9 Å². The number of carboxylic acids is 1. The molecule has 41 heavy (non-hydrogen) atoms. The van der Waals surface area contributed by atoms with Crippen LogP contribution in [0.25, 0.3) is 0 Å². The second-order valence-corrected chi connectivity index (χ2v) is 14.3. The Balaban J connectivity index is 1.81. The highest BCUT2D eigenvalue weighted by atomic mass is 16.6. The van der Waals surface area contributed by atoms with Crippen LogP contribution < -0.4 is 0 Å². The molecule has 0 bridgehead atoms. The number of aliphatic hydroxyl groups is 1. The van der Waals surface area contributed by atoms with Crippen LogP contribution in [0.2, 0.25) is 0 Å². The number of aliphatic hydroxyl groups excluding tert-OH is 1. The van der Waals surface area contributed by atoms with Crippen molar-refractivity contribution in [3.63, 3.8) is 0 Å². The fourth-order valence-electron chi connectivity index (χ4n) is 9.25. The molecule has 228 valence electrons. The van der Waals surface area contributed by atoms with Crippen molar-refractivity contribution in [2.24, 2.45) is 39.9 Å². The number of rotatable bonds is 8. The summed E-state index contributed by atoms with van der Waals surface area (Å²) in [6.07, 6.45) is 7.40. The first-order valence-corrected chi connectivity index (χ1v) is 15.3. The molecule has 0 aromatic rings. The number of aliphatic carboxylic acids is 1. The monoisotopic (exact) mass is 570 g/mol. The van der Waals surface area contributed by atoms with Gasteiger partial charge in [-0.05, 0) is 85.7 Å². The number of esters is 2. The minimum Gasteiger partial charge on any atom is -0.481 e. The van der Waals surface area contributed by atoms with Gasteiger partial charge in [0.25, 0.3) is 0 Å². The Labute approximate surface area is 245 Å². The number of carbonyl (C=O) groups excluding carboxylic acids is 2. The normalized spacial score (nSPS) is 40.3. The van der Waals surface area contributed by atoms with E-state index in [-0.39, 0.29) is 29.1 Å². The summed E-state index contributed by atoms with van der Waals surface area (Å²) >= 11 is 0. The van der Waals surface area contributed by atoms with E-state index in [1.807, 2.05) is 6.92 Å². The van der Waals surface area contributed by atoms with Crippen LogP contribution in [-0.2, 0) is 23.9 Å². The maximum absolute atomic E-state index is 12.8. The van der Waals surface area contributed by atoms with Crippen molar-refractivity contribution in [2.45, 2.75) is 118 Å². The SMILES string of the molecule is C=C(CC[C@@H](C(=O)O)[C@H]1C[C@H](OC(C)=O)[C@@]2(C)C3=CCC4[C@](C)(OC(C)=O)[C@@H](O)CC[C@]4(C)C3=CC[C@]12C)C(C)C. The van der Waals surface area contributed by atoms with Crippen LogP contribution in [0.15, 0.2) is 35.5 Å². The van der Waals surface area contributed by atoms with Gasteiger partial charge in [-0.15, -0.1) is 0 Å². The van der Waals surface area contributed by atoms with Crippen molar-refractivity contribution in [1.82, 2.24) is 0 Å². The second kappa shape index (κ2) is 10.7. The van der Waals surface area contributed by atoms with Gasteiger partial charge < -0.3 is 19.7 Å². The second-order valence-electron chi connectivity index (χ2n) is 14.3. The molecule has 4 rings (SSSR count). The van der Waals surface area contributed by atoms with Gasteiger partial charge in [0.1, 0.15) is 11.7 Å². The van der Waals surface area contributed by atoms with E-state index in [0.717, 1.165) is 23.1 Å². The first-order valence-electron chi connectivity index (χ1n) is 15.3. The maximum Gasteiger partial charge on any atom is 0.306 e. The fraction of sp³-hybridized carbons (Fsp3) is 0.735. The lowest BCUT2D eigenvalue weighted by molar-refractivity contribution is -0.200. The van der Waals surface area contributed by atoms with Crippen molar-refractivity contribution < 1.29 is 34.1 Å². The van der Waals surface area contributed by atoms with Crippen LogP contribution in [0.1, 0.15) is 100 Å². The largest absolute Gasteiger partial charge is 0.481 e. The van der Waals surface area contributed by atoms with Crippen LogP contribution >= 0.6 is 0 Å². The number of allylic oxidation sites excluding steroid dienone is 4. The third-order valence-corrected chi connectivity index (χ3v) is 12.0. The Morgan fingerprint density at radius 3 is 2.29 bits per heavy atom. The number of fused-ring (bicyclic) bond motifs is 5. The molecule has 2 N–H and O–H groups in total. The number of carboxylic acid groups (broad SMARTS) is 1. The Bertz CT molecular complexity index is 1180. The number of carbonyl (C=O) groups is 3. The Kier molecular flexibility index (Phi) is 8.22. The zero-order valence-corrected chi connectivity index (χ0v) is 26.2. The van der Waals surface area contributed by atoms with Gasteiger partial charge in [0.2, 0.25) is 0 Å². The van der Waals surface area contributed by atoms with Crippen LogP contribution in [0, 0.1) is 39.9 Å². The molecule has 0 radical (unpaired) electrons. The van der Waals surface area contributed by atoms with Crippen LogP contribution in [0.3, 0.4) is 0 Å². The quantitative estimate of drug-likeness (QED) is 0.257. The summed E-state index contributed by atoms with van der Waals surface area (Å²) < 4.78 is 11.9. The van der Waals surface area contributed by atoms with Gasteiger partial charge in [-0.1, -0.05) is 58.9 Å². The molecule has 4 aliphatic carbocycles. The maximum atomic E-state index is 12.8. The number of hydrogen-bond acceptors (Lipinski definition) is 6. The van der Waals surface area contributed by atoms with Crippen LogP contribution in [0.4, 0.5) is 0 Å². The molecular weight excluding hydrogens is 520 g/mol. The Morgan fingerprint density at radius 1 is 1.07 bits per heavy atom. The van der Waals surface area contributed by atoms with E-state index in [4.69, 9.17) is 9.47 Å². The predicted octanol–water partition coefficient (Wildman–Crippen LogP) is 6.40. The first kappa shape index (κ1) is 31.5. The minimum absolute atomic E-state index is 0.121. The zero-order chi connectivity index (χ0) is 30.7. The molecule has 2 saturated carbocycles.